The minimum absolute atomic E-state index is 0.0285. The zero-order valence-corrected chi connectivity index (χ0v) is 10.5. The second kappa shape index (κ2) is 4.45. The van der Waals surface area contributed by atoms with Crippen molar-refractivity contribution in [3.63, 3.8) is 0 Å². The van der Waals surface area contributed by atoms with Crippen molar-refractivity contribution in [3.8, 4) is 11.3 Å². The summed E-state index contributed by atoms with van der Waals surface area (Å²) in [5, 5.41) is 0. The lowest BCUT2D eigenvalue weighted by atomic mass is 9.90. The number of fused-ring (bicyclic) bond motifs is 1. The Kier molecular flexibility index (Phi) is 2.78. The number of ketones is 1. The van der Waals surface area contributed by atoms with Crippen molar-refractivity contribution in [3.05, 3.63) is 47.2 Å². The molecule has 0 amide bonds. The monoisotopic (exact) mass is 240 g/mol. The Labute approximate surface area is 107 Å². The molecule has 2 aromatic rings. The van der Waals surface area contributed by atoms with E-state index in [1.54, 1.807) is 6.07 Å². The molecule has 0 radical (unpaired) electrons. The summed E-state index contributed by atoms with van der Waals surface area (Å²) in [5.41, 5.74) is 3.96. The Morgan fingerprint density at radius 1 is 1.06 bits per heavy atom. The molecular formula is C16H16O2. The van der Waals surface area contributed by atoms with Gasteiger partial charge in [0, 0.05) is 12.5 Å². The summed E-state index contributed by atoms with van der Waals surface area (Å²) in [7, 11) is 0. The van der Waals surface area contributed by atoms with Gasteiger partial charge in [0.15, 0.2) is 11.5 Å². The predicted octanol–water partition coefficient (Wildman–Crippen LogP) is 4.03. The standard InChI is InChI=1S/C16H16O2/c1-11(17)15-8-9-16(18-15)14-7-6-12-4-2-3-5-13(12)10-14/h6-10H,2-5H2,1H3. The van der Waals surface area contributed by atoms with Gasteiger partial charge in [-0.15, -0.1) is 0 Å². The minimum Gasteiger partial charge on any atom is -0.453 e. The van der Waals surface area contributed by atoms with E-state index < -0.39 is 0 Å². The van der Waals surface area contributed by atoms with Gasteiger partial charge in [0.25, 0.3) is 0 Å². The predicted molar refractivity (Wildman–Crippen MR) is 70.8 cm³/mol. The Hall–Kier alpha value is -1.83. The van der Waals surface area contributed by atoms with Crippen LogP contribution in [0.5, 0.6) is 0 Å². The van der Waals surface area contributed by atoms with E-state index in [0.29, 0.717) is 5.76 Å². The lowest BCUT2D eigenvalue weighted by Crippen LogP contribution is -2.02. The van der Waals surface area contributed by atoms with E-state index in [0.717, 1.165) is 17.7 Å². The highest BCUT2D eigenvalue weighted by Crippen LogP contribution is 2.28. The number of rotatable bonds is 2. The molecule has 2 nitrogen and oxygen atoms in total. The Bertz CT molecular complexity index is 593. The van der Waals surface area contributed by atoms with Gasteiger partial charge in [-0.25, -0.2) is 0 Å². The van der Waals surface area contributed by atoms with E-state index >= 15 is 0 Å². The van der Waals surface area contributed by atoms with Gasteiger partial charge in [-0.05, 0) is 55.0 Å². The highest BCUT2D eigenvalue weighted by molar-refractivity contribution is 5.91. The van der Waals surface area contributed by atoms with Crippen LogP contribution in [-0.2, 0) is 12.8 Å². The molecule has 0 saturated carbocycles. The summed E-state index contributed by atoms with van der Waals surface area (Å²) in [5.74, 6) is 1.19. The van der Waals surface area contributed by atoms with Gasteiger partial charge in [-0.1, -0.05) is 12.1 Å². The maximum atomic E-state index is 11.2. The van der Waals surface area contributed by atoms with Crippen molar-refractivity contribution < 1.29 is 9.21 Å². The molecule has 2 heteroatoms. The maximum absolute atomic E-state index is 11.2. The third-order valence-electron chi connectivity index (χ3n) is 3.59. The van der Waals surface area contributed by atoms with Crippen molar-refractivity contribution in [1.82, 2.24) is 0 Å². The molecule has 1 aliphatic carbocycles. The summed E-state index contributed by atoms with van der Waals surface area (Å²) in [6, 6.07) is 10.1. The van der Waals surface area contributed by atoms with Crippen molar-refractivity contribution in [2.45, 2.75) is 32.6 Å². The van der Waals surface area contributed by atoms with Crippen LogP contribution < -0.4 is 0 Å². The van der Waals surface area contributed by atoms with E-state index in [1.165, 1.54) is 37.3 Å². The molecule has 0 N–H and O–H groups in total. The van der Waals surface area contributed by atoms with Crippen molar-refractivity contribution in [2.24, 2.45) is 0 Å². The highest BCUT2D eigenvalue weighted by Gasteiger charge is 2.12. The zero-order chi connectivity index (χ0) is 12.5. The third kappa shape index (κ3) is 1.99. The van der Waals surface area contributed by atoms with E-state index in [4.69, 9.17) is 4.42 Å². The molecule has 0 aliphatic heterocycles. The zero-order valence-electron chi connectivity index (χ0n) is 10.5. The van der Waals surface area contributed by atoms with E-state index in [1.807, 2.05) is 6.07 Å². The average Bonchev–Trinajstić information content (AvgIpc) is 2.88. The molecule has 0 fully saturated rings. The van der Waals surface area contributed by atoms with Gasteiger partial charge in [-0.2, -0.15) is 0 Å². The van der Waals surface area contributed by atoms with Crippen LogP contribution in [-0.4, -0.2) is 5.78 Å². The van der Waals surface area contributed by atoms with Gasteiger partial charge in [-0.3, -0.25) is 4.79 Å². The first-order valence-electron chi connectivity index (χ1n) is 6.47. The maximum Gasteiger partial charge on any atom is 0.194 e. The van der Waals surface area contributed by atoms with Crippen LogP contribution in [0.15, 0.2) is 34.7 Å². The van der Waals surface area contributed by atoms with Gasteiger partial charge in [0.05, 0.1) is 0 Å². The van der Waals surface area contributed by atoms with Gasteiger partial charge in [0.1, 0.15) is 5.76 Å². The van der Waals surface area contributed by atoms with Crippen molar-refractivity contribution >= 4 is 5.78 Å². The van der Waals surface area contributed by atoms with E-state index in [9.17, 15) is 4.79 Å². The molecule has 1 aliphatic rings. The first-order valence-corrected chi connectivity index (χ1v) is 6.47. The quantitative estimate of drug-likeness (QED) is 0.742. The molecule has 0 spiro atoms. The lowest BCUT2D eigenvalue weighted by molar-refractivity contribution is 0.0988. The molecule has 0 bridgehead atoms. The Morgan fingerprint density at radius 3 is 2.56 bits per heavy atom. The number of benzene rings is 1. The van der Waals surface area contributed by atoms with Crippen molar-refractivity contribution in [1.29, 1.82) is 0 Å². The van der Waals surface area contributed by atoms with Gasteiger partial charge < -0.3 is 4.42 Å². The number of Topliss-reactive ketones (excluding diaryl/α,β-unsaturated/α-hetero) is 1. The molecule has 0 unspecified atom stereocenters. The first-order chi connectivity index (χ1) is 8.74. The average molecular weight is 240 g/mol. The summed E-state index contributed by atoms with van der Waals surface area (Å²) >= 11 is 0. The molecule has 18 heavy (non-hydrogen) atoms. The largest absolute Gasteiger partial charge is 0.453 e. The SMILES string of the molecule is CC(=O)c1ccc(-c2ccc3c(c2)CCCC3)o1. The van der Waals surface area contributed by atoms with Gasteiger partial charge in [0.2, 0.25) is 0 Å². The van der Waals surface area contributed by atoms with E-state index in [-0.39, 0.29) is 5.78 Å². The van der Waals surface area contributed by atoms with Crippen LogP contribution >= 0.6 is 0 Å². The van der Waals surface area contributed by atoms with Crippen LogP contribution in [0.1, 0.15) is 41.4 Å². The number of aryl methyl sites for hydroxylation is 2. The highest BCUT2D eigenvalue weighted by atomic mass is 16.3. The molecule has 0 atom stereocenters. The Morgan fingerprint density at radius 2 is 1.83 bits per heavy atom. The summed E-state index contributed by atoms with van der Waals surface area (Å²) in [6.07, 6.45) is 4.91. The topological polar surface area (TPSA) is 30.2 Å². The van der Waals surface area contributed by atoms with Crippen LogP contribution in [0.4, 0.5) is 0 Å². The van der Waals surface area contributed by atoms with Crippen LogP contribution in [0, 0.1) is 0 Å². The van der Waals surface area contributed by atoms with Crippen LogP contribution in [0.2, 0.25) is 0 Å². The molecule has 1 aromatic carbocycles. The molecule has 1 heterocycles. The summed E-state index contributed by atoms with van der Waals surface area (Å²) in [6.45, 7) is 1.52. The Balaban J connectivity index is 1.98. The molecule has 92 valence electrons. The van der Waals surface area contributed by atoms with Gasteiger partial charge >= 0.3 is 0 Å². The minimum atomic E-state index is -0.0285. The lowest BCUT2D eigenvalue weighted by Gasteiger charge is -2.15. The summed E-state index contributed by atoms with van der Waals surface area (Å²) < 4.78 is 5.57. The molecule has 3 rings (SSSR count). The fourth-order valence-corrected chi connectivity index (χ4v) is 2.57. The second-order valence-electron chi connectivity index (χ2n) is 4.91. The normalized spacial score (nSPS) is 14.3. The third-order valence-corrected chi connectivity index (χ3v) is 3.59. The second-order valence-corrected chi connectivity index (χ2v) is 4.91. The summed E-state index contributed by atoms with van der Waals surface area (Å²) in [4.78, 5) is 11.2. The van der Waals surface area contributed by atoms with Crippen molar-refractivity contribution in [2.75, 3.05) is 0 Å². The van der Waals surface area contributed by atoms with Crippen LogP contribution in [0.25, 0.3) is 11.3 Å². The molecule has 0 saturated heterocycles. The fraction of sp³-hybridized carbons (Fsp3) is 0.312. The smallest absolute Gasteiger partial charge is 0.194 e. The molecule has 1 aromatic heterocycles. The number of carbonyl (C=O) groups excluding carboxylic acids is 1. The molecular weight excluding hydrogens is 224 g/mol. The van der Waals surface area contributed by atoms with Crippen LogP contribution in [0.3, 0.4) is 0 Å². The number of hydrogen-bond acceptors (Lipinski definition) is 2. The number of carbonyl (C=O) groups is 1. The van der Waals surface area contributed by atoms with E-state index in [2.05, 4.69) is 18.2 Å². The fourth-order valence-electron chi connectivity index (χ4n) is 2.57. The first kappa shape index (κ1) is 11.3. The number of furan rings is 1. The number of hydrogen-bond donors (Lipinski definition) is 0.